The Balaban J connectivity index is 1.43. The number of benzene rings is 2. The molecule has 1 aromatic heterocycles. The first-order chi connectivity index (χ1) is 14.8. The Morgan fingerprint density at radius 2 is 1.90 bits per heavy atom. The molecule has 3 amide bonds. The number of hydrogen-bond acceptors (Lipinski definition) is 7. The molecule has 0 atom stereocenters. The number of carbonyl (C=O) groups excluding carboxylic acids is 3. The van der Waals surface area contributed by atoms with E-state index < -0.39 is 34.9 Å². The van der Waals surface area contributed by atoms with Gasteiger partial charge >= 0.3 is 0 Å². The summed E-state index contributed by atoms with van der Waals surface area (Å²) in [6.45, 7) is -0.601. The van der Waals surface area contributed by atoms with E-state index in [1.165, 1.54) is 35.6 Å². The molecule has 2 aromatic carbocycles. The first-order valence-electron chi connectivity index (χ1n) is 8.96. The van der Waals surface area contributed by atoms with Gasteiger partial charge in [-0.25, -0.2) is 9.37 Å². The summed E-state index contributed by atoms with van der Waals surface area (Å²) in [5.41, 5.74) is -0.0383. The van der Waals surface area contributed by atoms with Crippen LogP contribution in [-0.4, -0.2) is 39.1 Å². The molecule has 1 N–H and O–H groups in total. The normalized spacial score (nSPS) is 12.7. The summed E-state index contributed by atoms with van der Waals surface area (Å²) in [6.07, 6.45) is 2.06. The molecule has 0 spiro atoms. The zero-order chi connectivity index (χ0) is 22.1. The van der Waals surface area contributed by atoms with Crippen LogP contribution in [0.25, 0.3) is 0 Å². The zero-order valence-corrected chi connectivity index (χ0v) is 16.5. The number of fused-ring (bicyclic) bond motifs is 1. The Kier molecular flexibility index (Phi) is 5.26. The Hall–Kier alpha value is -3.99. The third kappa shape index (κ3) is 4.03. The van der Waals surface area contributed by atoms with Gasteiger partial charge in [-0.15, -0.1) is 11.3 Å². The summed E-state index contributed by atoms with van der Waals surface area (Å²) in [6, 6.07) is 9.75. The Morgan fingerprint density at radius 1 is 1.16 bits per heavy atom. The van der Waals surface area contributed by atoms with E-state index in [-0.39, 0.29) is 22.1 Å². The second kappa shape index (κ2) is 8.03. The maximum atomic E-state index is 13.0. The van der Waals surface area contributed by atoms with Gasteiger partial charge in [0, 0.05) is 23.6 Å². The van der Waals surface area contributed by atoms with Crippen molar-refractivity contribution < 1.29 is 23.7 Å². The van der Waals surface area contributed by atoms with Crippen LogP contribution in [0.4, 0.5) is 15.2 Å². The fourth-order valence-corrected chi connectivity index (χ4v) is 4.03. The van der Waals surface area contributed by atoms with Crippen molar-refractivity contribution in [3.8, 4) is 0 Å². The van der Waals surface area contributed by atoms with Crippen LogP contribution < -0.4 is 5.32 Å². The minimum atomic E-state index is -0.890. The van der Waals surface area contributed by atoms with Crippen molar-refractivity contribution in [1.29, 1.82) is 0 Å². The van der Waals surface area contributed by atoms with E-state index in [0.29, 0.717) is 11.3 Å². The Morgan fingerprint density at radius 3 is 2.61 bits per heavy atom. The summed E-state index contributed by atoms with van der Waals surface area (Å²) in [5, 5.41) is 13.9. The molecule has 0 radical (unpaired) electrons. The smallest absolute Gasteiger partial charge is 0.282 e. The summed E-state index contributed by atoms with van der Waals surface area (Å²) in [7, 11) is 0. The van der Waals surface area contributed by atoms with Crippen LogP contribution in [0, 0.1) is 15.9 Å². The van der Waals surface area contributed by atoms with Gasteiger partial charge in [-0.2, -0.15) is 0 Å². The van der Waals surface area contributed by atoms with Gasteiger partial charge in [0.25, 0.3) is 17.5 Å². The zero-order valence-electron chi connectivity index (χ0n) is 15.7. The molecule has 11 heteroatoms. The molecule has 1 aliphatic heterocycles. The Bertz CT molecular complexity index is 1220. The van der Waals surface area contributed by atoms with E-state index >= 15 is 0 Å². The van der Waals surface area contributed by atoms with Crippen molar-refractivity contribution in [2.75, 3.05) is 11.9 Å². The van der Waals surface area contributed by atoms with Crippen molar-refractivity contribution in [1.82, 2.24) is 9.88 Å². The minimum absolute atomic E-state index is 0.108. The lowest BCUT2D eigenvalue weighted by molar-refractivity contribution is -0.385. The van der Waals surface area contributed by atoms with Crippen molar-refractivity contribution in [3.63, 3.8) is 0 Å². The number of thiazole rings is 1. The van der Waals surface area contributed by atoms with Crippen LogP contribution in [0.15, 0.2) is 48.7 Å². The third-order valence-corrected chi connectivity index (χ3v) is 5.48. The minimum Gasteiger partial charge on any atom is -0.300 e. The fourth-order valence-electron chi connectivity index (χ4n) is 3.16. The SMILES string of the molecule is O=C(CN1C(=O)c2cccc([N+](=O)[O-])c2C1=O)Nc1ncc(Cc2ccc(F)cc2)s1. The molecular weight excluding hydrogens is 427 g/mol. The molecule has 4 rings (SSSR count). The van der Waals surface area contributed by atoms with E-state index in [1.807, 2.05) is 0 Å². The quantitative estimate of drug-likeness (QED) is 0.357. The largest absolute Gasteiger partial charge is 0.300 e. The summed E-state index contributed by atoms with van der Waals surface area (Å²) in [4.78, 5) is 53.4. The van der Waals surface area contributed by atoms with E-state index in [2.05, 4.69) is 10.3 Å². The molecule has 156 valence electrons. The number of nitrogens with zero attached hydrogens (tertiary/aromatic N) is 3. The predicted octanol–water partition coefficient (Wildman–Crippen LogP) is 3.02. The van der Waals surface area contributed by atoms with Crippen molar-refractivity contribution >= 4 is 39.9 Å². The summed E-state index contributed by atoms with van der Waals surface area (Å²) >= 11 is 1.20. The topological polar surface area (TPSA) is 123 Å². The number of aromatic nitrogens is 1. The summed E-state index contributed by atoms with van der Waals surface area (Å²) < 4.78 is 13.0. The average molecular weight is 440 g/mol. The van der Waals surface area contributed by atoms with E-state index in [1.54, 1.807) is 18.3 Å². The number of nitrogens with one attached hydrogen (secondary N) is 1. The Labute approximate surface area is 178 Å². The second-order valence-electron chi connectivity index (χ2n) is 6.64. The van der Waals surface area contributed by atoms with Gasteiger partial charge in [0.1, 0.15) is 17.9 Å². The number of halogens is 1. The van der Waals surface area contributed by atoms with Crippen molar-refractivity contribution in [3.05, 3.63) is 86.2 Å². The van der Waals surface area contributed by atoms with Crippen LogP contribution in [0.5, 0.6) is 0 Å². The lowest BCUT2D eigenvalue weighted by atomic mass is 10.1. The van der Waals surface area contributed by atoms with Gasteiger partial charge in [-0.1, -0.05) is 18.2 Å². The summed E-state index contributed by atoms with van der Waals surface area (Å²) in [5.74, 6) is -2.66. The number of nitro benzene ring substituents is 1. The molecule has 31 heavy (non-hydrogen) atoms. The molecule has 1 aliphatic rings. The van der Waals surface area contributed by atoms with E-state index in [9.17, 15) is 28.9 Å². The maximum absolute atomic E-state index is 13.0. The number of nitro groups is 1. The lowest BCUT2D eigenvalue weighted by Crippen LogP contribution is -2.37. The van der Waals surface area contributed by atoms with Crippen LogP contribution >= 0.6 is 11.3 Å². The van der Waals surface area contributed by atoms with Gasteiger partial charge in [-0.3, -0.25) is 29.4 Å². The molecule has 0 unspecified atom stereocenters. The standard InChI is InChI=1S/C20H13FN4O5S/c21-12-6-4-11(5-7-12)8-13-9-22-20(31-13)23-16(26)10-24-18(27)14-2-1-3-15(25(29)30)17(14)19(24)28/h1-7,9H,8,10H2,(H,22,23,26). The number of amides is 3. The highest BCUT2D eigenvalue weighted by molar-refractivity contribution is 7.15. The molecule has 0 aliphatic carbocycles. The monoisotopic (exact) mass is 440 g/mol. The van der Waals surface area contributed by atoms with E-state index in [0.717, 1.165) is 16.5 Å². The van der Waals surface area contributed by atoms with Gasteiger partial charge in [0.2, 0.25) is 5.91 Å². The molecule has 2 heterocycles. The number of rotatable bonds is 6. The van der Waals surface area contributed by atoms with Crippen LogP contribution in [0.1, 0.15) is 31.2 Å². The molecule has 9 nitrogen and oxygen atoms in total. The molecule has 0 fully saturated rings. The van der Waals surface area contributed by atoms with Crippen molar-refractivity contribution in [2.24, 2.45) is 0 Å². The van der Waals surface area contributed by atoms with Crippen LogP contribution in [0.2, 0.25) is 0 Å². The highest BCUT2D eigenvalue weighted by Gasteiger charge is 2.41. The fraction of sp³-hybridized carbons (Fsp3) is 0.100. The van der Waals surface area contributed by atoms with Gasteiger partial charge in [0.15, 0.2) is 5.13 Å². The molecule has 0 bridgehead atoms. The van der Waals surface area contributed by atoms with Gasteiger partial charge in [0.05, 0.1) is 10.5 Å². The number of carbonyl (C=O) groups is 3. The first-order valence-corrected chi connectivity index (χ1v) is 9.77. The van der Waals surface area contributed by atoms with Crippen LogP contribution in [0.3, 0.4) is 0 Å². The molecule has 0 saturated heterocycles. The highest BCUT2D eigenvalue weighted by Crippen LogP contribution is 2.30. The molecule has 3 aromatic rings. The first kappa shape index (κ1) is 20.3. The number of hydrogen-bond donors (Lipinski definition) is 1. The molecule has 0 saturated carbocycles. The van der Waals surface area contributed by atoms with Crippen molar-refractivity contribution in [2.45, 2.75) is 6.42 Å². The third-order valence-electron chi connectivity index (χ3n) is 4.57. The van der Waals surface area contributed by atoms with Gasteiger partial charge in [-0.05, 0) is 23.8 Å². The van der Waals surface area contributed by atoms with E-state index in [4.69, 9.17) is 0 Å². The highest BCUT2D eigenvalue weighted by atomic mass is 32.1. The van der Waals surface area contributed by atoms with Gasteiger partial charge < -0.3 is 5.32 Å². The molecular formula is C20H13FN4O5S. The predicted molar refractivity (Wildman–Crippen MR) is 108 cm³/mol. The average Bonchev–Trinajstić information content (AvgIpc) is 3.27. The van der Waals surface area contributed by atoms with Crippen LogP contribution in [-0.2, 0) is 11.2 Å². The number of imide groups is 1. The second-order valence-corrected chi connectivity index (χ2v) is 7.75. The lowest BCUT2D eigenvalue weighted by Gasteiger charge is -2.12. The number of anilines is 1. The maximum Gasteiger partial charge on any atom is 0.282 e.